The average Bonchev–Trinajstić information content (AvgIpc) is 2.72. The number of nitrogens with zero attached hydrogens (tertiary/aromatic N) is 1. The van der Waals surface area contributed by atoms with E-state index in [0.29, 0.717) is 13.0 Å². The lowest BCUT2D eigenvalue weighted by Crippen LogP contribution is -2.31. The van der Waals surface area contributed by atoms with E-state index in [2.05, 4.69) is 15.9 Å². The van der Waals surface area contributed by atoms with Crippen LogP contribution in [0.3, 0.4) is 0 Å². The molecular weight excluding hydrogens is 318 g/mol. The van der Waals surface area contributed by atoms with E-state index in [1.165, 1.54) is 12.8 Å². The van der Waals surface area contributed by atoms with Crippen molar-refractivity contribution < 1.29 is 9.53 Å². The molecule has 1 aromatic rings. The van der Waals surface area contributed by atoms with Gasteiger partial charge in [-0.25, -0.2) is 0 Å². The van der Waals surface area contributed by atoms with Crippen LogP contribution in [0.4, 0.5) is 0 Å². The highest BCUT2D eigenvalue weighted by molar-refractivity contribution is 9.10. The molecule has 0 atom stereocenters. The molecule has 1 aromatic carbocycles. The molecule has 1 aliphatic rings. The third-order valence-corrected chi connectivity index (χ3v) is 4.05. The summed E-state index contributed by atoms with van der Waals surface area (Å²) in [4.78, 5) is 14.1. The van der Waals surface area contributed by atoms with Gasteiger partial charge in [0.2, 0.25) is 5.91 Å². The van der Waals surface area contributed by atoms with Crippen molar-refractivity contribution in [3.63, 3.8) is 0 Å². The summed E-state index contributed by atoms with van der Waals surface area (Å²) in [7, 11) is 0. The van der Waals surface area contributed by atoms with Gasteiger partial charge in [-0.1, -0.05) is 34.8 Å². The van der Waals surface area contributed by atoms with Crippen LogP contribution in [0, 0.1) is 0 Å². The molecule has 1 saturated heterocycles. The first-order valence-electron chi connectivity index (χ1n) is 7.42. The summed E-state index contributed by atoms with van der Waals surface area (Å²) in [5, 5.41) is 0. The van der Waals surface area contributed by atoms with Gasteiger partial charge in [-0.2, -0.15) is 0 Å². The Morgan fingerprint density at radius 3 is 2.65 bits per heavy atom. The summed E-state index contributed by atoms with van der Waals surface area (Å²) in [5.41, 5.74) is 0. The van der Waals surface area contributed by atoms with Crippen LogP contribution in [0.1, 0.15) is 38.5 Å². The molecule has 1 aliphatic heterocycles. The van der Waals surface area contributed by atoms with Gasteiger partial charge in [0, 0.05) is 24.0 Å². The van der Waals surface area contributed by atoms with E-state index in [0.717, 1.165) is 42.6 Å². The van der Waals surface area contributed by atoms with Crippen LogP contribution in [-0.2, 0) is 4.79 Å². The van der Waals surface area contributed by atoms with Crippen LogP contribution in [0.2, 0.25) is 0 Å². The number of halogens is 1. The van der Waals surface area contributed by atoms with Crippen molar-refractivity contribution in [2.24, 2.45) is 0 Å². The second-order valence-corrected chi connectivity index (χ2v) is 6.12. The molecule has 0 bridgehead atoms. The minimum Gasteiger partial charge on any atom is -0.494 e. The Morgan fingerprint density at radius 1 is 1.20 bits per heavy atom. The van der Waals surface area contributed by atoms with Gasteiger partial charge in [0.1, 0.15) is 5.75 Å². The molecule has 0 unspecified atom stereocenters. The number of amides is 1. The van der Waals surface area contributed by atoms with Crippen molar-refractivity contribution in [3.8, 4) is 5.75 Å². The van der Waals surface area contributed by atoms with E-state index >= 15 is 0 Å². The largest absolute Gasteiger partial charge is 0.494 e. The molecule has 4 heteroatoms. The van der Waals surface area contributed by atoms with Crippen molar-refractivity contribution in [1.29, 1.82) is 0 Å². The maximum Gasteiger partial charge on any atom is 0.222 e. The minimum absolute atomic E-state index is 0.282. The van der Waals surface area contributed by atoms with Gasteiger partial charge >= 0.3 is 0 Å². The monoisotopic (exact) mass is 339 g/mol. The lowest BCUT2D eigenvalue weighted by Gasteiger charge is -2.20. The number of likely N-dealkylation sites (tertiary alicyclic amines) is 1. The average molecular weight is 340 g/mol. The fourth-order valence-corrected chi connectivity index (χ4v) is 2.83. The number of rotatable bonds is 5. The molecule has 20 heavy (non-hydrogen) atoms. The number of benzene rings is 1. The highest BCUT2D eigenvalue weighted by atomic mass is 79.9. The van der Waals surface area contributed by atoms with E-state index in [1.54, 1.807) is 0 Å². The Morgan fingerprint density at radius 2 is 1.95 bits per heavy atom. The normalized spacial score (nSPS) is 15.8. The standard InChI is InChI=1S/C16H22BrNO2/c17-14-7-5-8-15(13-14)20-12-6-9-16(19)18-10-3-1-2-4-11-18/h5,7-8,13H,1-4,6,9-12H2. The third-order valence-electron chi connectivity index (χ3n) is 3.56. The smallest absolute Gasteiger partial charge is 0.222 e. The summed E-state index contributed by atoms with van der Waals surface area (Å²) in [6.07, 6.45) is 6.20. The van der Waals surface area contributed by atoms with E-state index in [1.807, 2.05) is 29.2 Å². The fraction of sp³-hybridized carbons (Fsp3) is 0.562. The first-order valence-corrected chi connectivity index (χ1v) is 8.21. The number of carbonyl (C=O) groups excluding carboxylic acids is 1. The molecule has 0 saturated carbocycles. The van der Waals surface area contributed by atoms with Crippen molar-refractivity contribution in [3.05, 3.63) is 28.7 Å². The molecule has 0 N–H and O–H groups in total. The Balaban J connectivity index is 1.66. The fourth-order valence-electron chi connectivity index (χ4n) is 2.45. The third kappa shape index (κ3) is 5.16. The summed E-state index contributed by atoms with van der Waals surface area (Å²) in [6, 6.07) is 7.79. The lowest BCUT2D eigenvalue weighted by atomic mass is 10.2. The maximum absolute atomic E-state index is 12.1. The van der Waals surface area contributed by atoms with Crippen LogP contribution in [0.15, 0.2) is 28.7 Å². The van der Waals surface area contributed by atoms with Gasteiger partial charge in [0.05, 0.1) is 6.61 Å². The van der Waals surface area contributed by atoms with Gasteiger partial charge in [-0.05, 0) is 37.5 Å². The molecule has 2 rings (SSSR count). The SMILES string of the molecule is O=C(CCCOc1cccc(Br)c1)N1CCCCCC1. The molecule has 1 amide bonds. The Hall–Kier alpha value is -1.03. The summed E-state index contributed by atoms with van der Waals surface area (Å²) < 4.78 is 6.66. The van der Waals surface area contributed by atoms with Crippen LogP contribution >= 0.6 is 15.9 Å². The summed E-state index contributed by atoms with van der Waals surface area (Å²) in [6.45, 7) is 2.46. The molecule has 1 fully saturated rings. The van der Waals surface area contributed by atoms with Crippen molar-refractivity contribution in [2.75, 3.05) is 19.7 Å². The molecule has 0 aliphatic carbocycles. The predicted molar refractivity (Wildman–Crippen MR) is 83.9 cm³/mol. The minimum atomic E-state index is 0.282. The van der Waals surface area contributed by atoms with Gasteiger partial charge in [0.25, 0.3) is 0 Å². The van der Waals surface area contributed by atoms with Gasteiger partial charge in [-0.3, -0.25) is 4.79 Å². The highest BCUT2D eigenvalue weighted by Gasteiger charge is 2.14. The summed E-state index contributed by atoms with van der Waals surface area (Å²) >= 11 is 3.41. The van der Waals surface area contributed by atoms with Crippen LogP contribution in [-0.4, -0.2) is 30.5 Å². The molecule has 3 nitrogen and oxygen atoms in total. The highest BCUT2D eigenvalue weighted by Crippen LogP contribution is 2.18. The number of ether oxygens (including phenoxy) is 1. The van der Waals surface area contributed by atoms with Crippen molar-refractivity contribution in [2.45, 2.75) is 38.5 Å². The first-order chi connectivity index (χ1) is 9.75. The van der Waals surface area contributed by atoms with Crippen LogP contribution in [0.25, 0.3) is 0 Å². The topological polar surface area (TPSA) is 29.5 Å². The zero-order valence-electron chi connectivity index (χ0n) is 11.8. The molecule has 110 valence electrons. The van der Waals surface area contributed by atoms with Gasteiger partial charge < -0.3 is 9.64 Å². The van der Waals surface area contributed by atoms with Crippen LogP contribution in [0.5, 0.6) is 5.75 Å². The second kappa shape index (κ2) is 8.30. The summed E-state index contributed by atoms with van der Waals surface area (Å²) in [5.74, 6) is 1.13. The van der Waals surface area contributed by atoms with E-state index in [9.17, 15) is 4.79 Å². The zero-order chi connectivity index (χ0) is 14.2. The van der Waals surface area contributed by atoms with Gasteiger partial charge in [-0.15, -0.1) is 0 Å². The van der Waals surface area contributed by atoms with Crippen LogP contribution < -0.4 is 4.74 Å². The second-order valence-electron chi connectivity index (χ2n) is 5.20. The maximum atomic E-state index is 12.1. The molecule has 0 radical (unpaired) electrons. The van der Waals surface area contributed by atoms with E-state index < -0.39 is 0 Å². The number of hydrogen-bond donors (Lipinski definition) is 0. The Kier molecular flexibility index (Phi) is 6.37. The quantitative estimate of drug-likeness (QED) is 0.758. The van der Waals surface area contributed by atoms with E-state index in [-0.39, 0.29) is 5.91 Å². The van der Waals surface area contributed by atoms with Crippen molar-refractivity contribution >= 4 is 21.8 Å². The number of carbonyl (C=O) groups is 1. The molecule has 0 aromatic heterocycles. The molecule has 0 spiro atoms. The lowest BCUT2D eigenvalue weighted by molar-refractivity contribution is -0.131. The Bertz CT molecular complexity index is 428. The number of hydrogen-bond acceptors (Lipinski definition) is 2. The molecule has 1 heterocycles. The first kappa shape index (κ1) is 15.4. The zero-order valence-corrected chi connectivity index (χ0v) is 13.4. The van der Waals surface area contributed by atoms with Crippen molar-refractivity contribution in [1.82, 2.24) is 4.90 Å². The predicted octanol–water partition coefficient (Wildman–Crippen LogP) is 4.01. The Labute approximate surface area is 129 Å². The molecular formula is C16H22BrNO2. The van der Waals surface area contributed by atoms with E-state index in [4.69, 9.17) is 4.74 Å². The van der Waals surface area contributed by atoms with Gasteiger partial charge in [0.15, 0.2) is 0 Å².